The van der Waals surface area contributed by atoms with Crippen molar-refractivity contribution in [3.05, 3.63) is 35.1 Å². The molecule has 0 spiro atoms. The molecule has 0 saturated carbocycles. The maximum atomic E-state index is 13.0. The van der Waals surface area contributed by atoms with Crippen LogP contribution >= 0.6 is 0 Å². The molecular formula is C14H22FNO. The van der Waals surface area contributed by atoms with E-state index in [0.717, 1.165) is 11.1 Å². The van der Waals surface area contributed by atoms with Crippen LogP contribution in [-0.2, 0) is 11.2 Å². The summed E-state index contributed by atoms with van der Waals surface area (Å²) < 4.78 is 18.4. The van der Waals surface area contributed by atoms with Gasteiger partial charge in [-0.05, 0) is 42.5 Å². The second-order valence-electron chi connectivity index (χ2n) is 4.88. The largest absolute Gasteiger partial charge is 0.380 e. The summed E-state index contributed by atoms with van der Waals surface area (Å²) in [6.45, 7) is 6.08. The molecule has 0 aliphatic rings. The standard InChI is InChI=1S/C14H22FNO/c1-9(2)14(17-4)13(16)8-11-5-6-12(15)7-10(11)3/h5-7,9,13-14H,8,16H2,1-4H3. The zero-order chi connectivity index (χ0) is 13.0. The highest BCUT2D eigenvalue weighted by Gasteiger charge is 2.21. The summed E-state index contributed by atoms with van der Waals surface area (Å²) in [6.07, 6.45) is 0.738. The van der Waals surface area contributed by atoms with Crippen LogP contribution in [0.25, 0.3) is 0 Å². The van der Waals surface area contributed by atoms with Gasteiger partial charge in [0.1, 0.15) is 5.82 Å². The summed E-state index contributed by atoms with van der Waals surface area (Å²) >= 11 is 0. The van der Waals surface area contributed by atoms with Gasteiger partial charge in [0.15, 0.2) is 0 Å². The summed E-state index contributed by atoms with van der Waals surface area (Å²) in [6, 6.07) is 4.76. The first-order valence-corrected chi connectivity index (χ1v) is 5.99. The van der Waals surface area contributed by atoms with Gasteiger partial charge in [0.2, 0.25) is 0 Å². The van der Waals surface area contributed by atoms with Crippen LogP contribution in [0, 0.1) is 18.7 Å². The molecule has 0 heterocycles. The van der Waals surface area contributed by atoms with Crippen LogP contribution in [0.2, 0.25) is 0 Å². The predicted octanol–water partition coefficient (Wildman–Crippen LogP) is 2.67. The summed E-state index contributed by atoms with van der Waals surface area (Å²) in [4.78, 5) is 0. The SMILES string of the molecule is COC(C(C)C)C(N)Cc1ccc(F)cc1C. The Labute approximate surface area is 103 Å². The van der Waals surface area contributed by atoms with Crippen LogP contribution in [0.5, 0.6) is 0 Å². The van der Waals surface area contributed by atoms with Gasteiger partial charge in [-0.2, -0.15) is 0 Å². The van der Waals surface area contributed by atoms with Crippen molar-refractivity contribution in [1.29, 1.82) is 0 Å². The fourth-order valence-corrected chi connectivity index (χ4v) is 2.20. The molecule has 0 fully saturated rings. The lowest BCUT2D eigenvalue weighted by molar-refractivity contribution is 0.0441. The number of methoxy groups -OCH3 is 1. The van der Waals surface area contributed by atoms with E-state index >= 15 is 0 Å². The molecule has 1 aromatic rings. The van der Waals surface area contributed by atoms with Crippen molar-refractivity contribution < 1.29 is 9.13 Å². The van der Waals surface area contributed by atoms with Crippen molar-refractivity contribution >= 4 is 0 Å². The Balaban J connectivity index is 2.76. The summed E-state index contributed by atoms with van der Waals surface area (Å²) in [5, 5.41) is 0. The Bertz CT molecular complexity index is 365. The molecule has 0 radical (unpaired) electrons. The minimum Gasteiger partial charge on any atom is -0.380 e. The minimum atomic E-state index is -0.202. The van der Waals surface area contributed by atoms with E-state index in [-0.39, 0.29) is 18.0 Å². The smallest absolute Gasteiger partial charge is 0.123 e. The first kappa shape index (κ1) is 14.1. The predicted molar refractivity (Wildman–Crippen MR) is 68.5 cm³/mol. The van der Waals surface area contributed by atoms with Crippen LogP contribution in [0.1, 0.15) is 25.0 Å². The molecule has 0 bridgehead atoms. The zero-order valence-electron chi connectivity index (χ0n) is 11.0. The molecule has 2 unspecified atom stereocenters. The van der Waals surface area contributed by atoms with E-state index < -0.39 is 0 Å². The minimum absolute atomic E-state index is 0.0273. The van der Waals surface area contributed by atoms with E-state index in [0.29, 0.717) is 12.3 Å². The van der Waals surface area contributed by atoms with Crippen LogP contribution in [0.15, 0.2) is 18.2 Å². The average Bonchev–Trinajstić information content (AvgIpc) is 2.22. The van der Waals surface area contributed by atoms with Crippen molar-refractivity contribution in [2.45, 2.75) is 39.3 Å². The molecule has 0 aliphatic heterocycles. The Morgan fingerprint density at radius 2 is 2.00 bits per heavy atom. The Kier molecular flexibility index (Phi) is 5.09. The van der Waals surface area contributed by atoms with Gasteiger partial charge in [-0.3, -0.25) is 0 Å². The number of aryl methyl sites for hydroxylation is 1. The van der Waals surface area contributed by atoms with E-state index in [4.69, 9.17) is 10.5 Å². The van der Waals surface area contributed by atoms with Crippen molar-refractivity contribution in [3.63, 3.8) is 0 Å². The monoisotopic (exact) mass is 239 g/mol. The highest BCUT2D eigenvalue weighted by atomic mass is 19.1. The van der Waals surface area contributed by atoms with E-state index in [9.17, 15) is 4.39 Å². The molecule has 2 N–H and O–H groups in total. The van der Waals surface area contributed by atoms with Gasteiger partial charge in [-0.15, -0.1) is 0 Å². The normalized spacial score (nSPS) is 15.0. The van der Waals surface area contributed by atoms with Gasteiger partial charge >= 0.3 is 0 Å². The molecule has 0 aliphatic carbocycles. The van der Waals surface area contributed by atoms with Gasteiger partial charge in [0, 0.05) is 13.2 Å². The van der Waals surface area contributed by atoms with Crippen molar-refractivity contribution in [3.8, 4) is 0 Å². The number of hydrogen-bond donors (Lipinski definition) is 1. The maximum Gasteiger partial charge on any atom is 0.123 e. The second kappa shape index (κ2) is 6.12. The fraction of sp³-hybridized carbons (Fsp3) is 0.571. The third-order valence-electron chi connectivity index (χ3n) is 3.11. The molecule has 96 valence electrons. The molecule has 2 nitrogen and oxygen atoms in total. The van der Waals surface area contributed by atoms with Crippen LogP contribution < -0.4 is 5.73 Å². The maximum absolute atomic E-state index is 13.0. The van der Waals surface area contributed by atoms with E-state index in [1.54, 1.807) is 19.2 Å². The van der Waals surface area contributed by atoms with Crippen LogP contribution in [0.4, 0.5) is 4.39 Å². The Morgan fingerprint density at radius 3 is 2.47 bits per heavy atom. The van der Waals surface area contributed by atoms with E-state index in [2.05, 4.69) is 13.8 Å². The van der Waals surface area contributed by atoms with Crippen molar-refractivity contribution in [2.75, 3.05) is 7.11 Å². The first-order valence-electron chi connectivity index (χ1n) is 5.99. The molecule has 0 aromatic heterocycles. The molecular weight excluding hydrogens is 217 g/mol. The number of halogens is 1. The molecule has 3 heteroatoms. The zero-order valence-corrected chi connectivity index (χ0v) is 11.0. The number of hydrogen-bond acceptors (Lipinski definition) is 2. The van der Waals surface area contributed by atoms with Gasteiger partial charge < -0.3 is 10.5 Å². The summed E-state index contributed by atoms with van der Waals surface area (Å²) in [7, 11) is 1.68. The van der Waals surface area contributed by atoms with Crippen LogP contribution in [0.3, 0.4) is 0 Å². The molecule has 0 amide bonds. The lowest BCUT2D eigenvalue weighted by atomic mass is 9.93. The molecule has 2 atom stereocenters. The molecule has 17 heavy (non-hydrogen) atoms. The highest BCUT2D eigenvalue weighted by Crippen LogP contribution is 2.16. The van der Waals surface area contributed by atoms with E-state index in [1.807, 2.05) is 6.92 Å². The third kappa shape index (κ3) is 3.79. The molecule has 0 saturated heterocycles. The first-order chi connectivity index (χ1) is 7.95. The Morgan fingerprint density at radius 1 is 1.35 bits per heavy atom. The molecule has 1 rings (SSSR count). The number of benzene rings is 1. The summed E-state index contributed by atoms with van der Waals surface area (Å²) in [5.74, 6) is 0.169. The van der Waals surface area contributed by atoms with Gasteiger partial charge in [0.05, 0.1) is 6.10 Å². The highest BCUT2D eigenvalue weighted by molar-refractivity contribution is 5.27. The molecule has 1 aromatic carbocycles. The lowest BCUT2D eigenvalue weighted by Gasteiger charge is -2.26. The fourth-order valence-electron chi connectivity index (χ4n) is 2.20. The van der Waals surface area contributed by atoms with Crippen molar-refractivity contribution in [2.24, 2.45) is 11.7 Å². The van der Waals surface area contributed by atoms with Gasteiger partial charge in [-0.1, -0.05) is 19.9 Å². The number of ether oxygens (including phenoxy) is 1. The van der Waals surface area contributed by atoms with E-state index in [1.165, 1.54) is 6.07 Å². The quantitative estimate of drug-likeness (QED) is 0.857. The summed E-state index contributed by atoms with van der Waals surface area (Å²) in [5.41, 5.74) is 8.18. The average molecular weight is 239 g/mol. The van der Waals surface area contributed by atoms with Crippen molar-refractivity contribution in [1.82, 2.24) is 0 Å². The lowest BCUT2D eigenvalue weighted by Crippen LogP contribution is -2.41. The Hall–Kier alpha value is -0.930. The number of nitrogens with two attached hydrogens (primary N) is 1. The van der Waals surface area contributed by atoms with Crippen LogP contribution in [-0.4, -0.2) is 19.3 Å². The number of rotatable bonds is 5. The third-order valence-corrected chi connectivity index (χ3v) is 3.11. The van der Waals surface area contributed by atoms with Gasteiger partial charge in [0.25, 0.3) is 0 Å². The second-order valence-corrected chi connectivity index (χ2v) is 4.88. The van der Waals surface area contributed by atoms with Gasteiger partial charge in [-0.25, -0.2) is 4.39 Å². The topological polar surface area (TPSA) is 35.2 Å².